The second-order valence-electron chi connectivity index (χ2n) is 4.78. The Morgan fingerprint density at radius 1 is 1.14 bits per heavy atom. The lowest BCUT2D eigenvalue weighted by Crippen LogP contribution is -2.22. The molecule has 0 spiro atoms. The standard InChI is InChI=1S/C16H22N4O/c1-4-21-11-12(2)18-15-10-14(17-3)19-16(20-15)13-8-6-5-7-9-13/h5-10,12H,4,11H2,1-3H3,(H2,17,18,19,20). The van der Waals surface area contributed by atoms with Gasteiger partial charge in [-0.25, -0.2) is 9.97 Å². The van der Waals surface area contributed by atoms with Gasteiger partial charge in [0.2, 0.25) is 0 Å². The molecular weight excluding hydrogens is 264 g/mol. The lowest BCUT2D eigenvalue weighted by molar-refractivity contribution is 0.141. The predicted octanol–water partition coefficient (Wildman–Crippen LogP) is 3.02. The summed E-state index contributed by atoms with van der Waals surface area (Å²) >= 11 is 0. The third-order valence-corrected chi connectivity index (χ3v) is 2.98. The first-order valence-corrected chi connectivity index (χ1v) is 7.19. The number of hydrogen-bond acceptors (Lipinski definition) is 5. The lowest BCUT2D eigenvalue weighted by Gasteiger charge is -2.15. The number of ether oxygens (including phenoxy) is 1. The Morgan fingerprint density at radius 3 is 2.52 bits per heavy atom. The van der Waals surface area contributed by atoms with Crippen molar-refractivity contribution in [1.29, 1.82) is 0 Å². The van der Waals surface area contributed by atoms with E-state index in [2.05, 4.69) is 27.5 Å². The van der Waals surface area contributed by atoms with Gasteiger partial charge in [0, 0.05) is 31.3 Å². The number of aromatic nitrogens is 2. The summed E-state index contributed by atoms with van der Waals surface area (Å²) in [4.78, 5) is 9.08. The van der Waals surface area contributed by atoms with Gasteiger partial charge in [0.15, 0.2) is 5.82 Å². The molecule has 2 aromatic rings. The van der Waals surface area contributed by atoms with Gasteiger partial charge in [0.1, 0.15) is 11.6 Å². The highest BCUT2D eigenvalue weighted by Crippen LogP contribution is 2.20. The quantitative estimate of drug-likeness (QED) is 0.819. The van der Waals surface area contributed by atoms with E-state index in [1.165, 1.54) is 0 Å². The highest BCUT2D eigenvalue weighted by Gasteiger charge is 2.08. The van der Waals surface area contributed by atoms with Gasteiger partial charge in [0.25, 0.3) is 0 Å². The number of rotatable bonds is 7. The third-order valence-electron chi connectivity index (χ3n) is 2.98. The molecule has 1 aromatic carbocycles. The fourth-order valence-electron chi connectivity index (χ4n) is 1.95. The Morgan fingerprint density at radius 2 is 1.86 bits per heavy atom. The van der Waals surface area contributed by atoms with Crippen LogP contribution in [0.2, 0.25) is 0 Å². The molecule has 0 aliphatic rings. The Labute approximate surface area is 125 Å². The molecule has 0 bridgehead atoms. The van der Waals surface area contributed by atoms with Crippen LogP contribution in [0, 0.1) is 0 Å². The van der Waals surface area contributed by atoms with E-state index in [-0.39, 0.29) is 6.04 Å². The van der Waals surface area contributed by atoms with Crippen LogP contribution in [-0.4, -0.2) is 36.3 Å². The van der Waals surface area contributed by atoms with E-state index in [0.29, 0.717) is 19.0 Å². The molecule has 1 atom stereocenters. The van der Waals surface area contributed by atoms with Crippen LogP contribution in [0.4, 0.5) is 11.6 Å². The van der Waals surface area contributed by atoms with Crippen LogP contribution in [-0.2, 0) is 4.74 Å². The van der Waals surface area contributed by atoms with Crippen LogP contribution in [0.15, 0.2) is 36.4 Å². The van der Waals surface area contributed by atoms with Gasteiger partial charge in [-0.2, -0.15) is 0 Å². The maximum atomic E-state index is 5.42. The highest BCUT2D eigenvalue weighted by molar-refractivity contribution is 5.61. The minimum absolute atomic E-state index is 0.188. The zero-order chi connectivity index (χ0) is 15.1. The number of nitrogens with zero attached hydrogens (tertiary/aromatic N) is 2. The average Bonchev–Trinajstić information content (AvgIpc) is 2.53. The summed E-state index contributed by atoms with van der Waals surface area (Å²) in [6, 6.07) is 12.0. The molecule has 0 aliphatic carbocycles. The van der Waals surface area contributed by atoms with Gasteiger partial charge < -0.3 is 15.4 Å². The summed E-state index contributed by atoms with van der Waals surface area (Å²) in [7, 11) is 1.85. The van der Waals surface area contributed by atoms with Crippen molar-refractivity contribution in [3.05, 3.63) is 36.4 Å². The third kappa shape index (κ3) is 4.43. The van der Waals surface area contributed by atoms with Gasteiger partial charge in [0.05, 0.1) is 6.61 Å². The van der Waals surface area contributed by atoms with Crippen LogP contribution in [0.25, 0.3) is 11.4 Å². The second-order valence-corrected chi connectivity index (χ2v) is 4.78. The monoisotopic (exact) mass is 286 g/mol. The van der Waals surface area contributed by atoms with Crippen molar-refractivity contribution < 1.29 is 4.74 Å². The van der Waals surface area contributed by atoms with Crippen molar-refractivity contribution in [3.8, 4) is 11.4 Å². The van der Waals surface area contributed by atoms with E-state index in [1.807, 2.05) is 50.4 Å². The van der Waals surface area contributed by atoms with Crippen molar-refractivity contribution >= 4 is 11.6 Å². The van der Waals surface area contributed by atoms with Gasteiger partial charge in [-0.05, 0) is 13.8 Å². The lowest BCUT2D eigenvalue weighted by atomic mass is 10.2. The summed E-state index contributed by atoms with van der Waals surface area (Å²) < 4.78 is 5.42. The van der Waals surface area contributed by atoms with E-state index in [0.717, 1.165) is 17.2 Å². The largest absolute Gasteiger partial charge is 0.380 e. The van der Waals surface area contributed by atoms with Crippen molar-refractivity contribution in [2.75, 3.05) is 30.9 Å². The normalized spacial score (nSPS) is 12.0. The molecular formula is C16H22N4O. The average molecular weight is 286 g/mol. The van der Waals surface area contributed by atoms with Crippen molar-refractivity contribution in [2.24, 2.45) is 0 Å². The van der Waals surface area contributed by atoms with Crippen LogP contribution < -0.4 is 10.6 Å². The fourth-order valence-corrected chi connectivity index (χ4v) is 1.95. The van der Waals surface area contributed by atoms with E-state index < -0.39 is 0 Å². The van der Waals surface area contributed by atoms with Gasteiger partial charge in [-0.1, -0.05) is 30.3 Å². The molecule has 5 heteroatoms. The van der Waals surface area contributed by atoms with Crippen molar-refractivity contribution in [3.63, 3.8) is 0 Å². The first-order chi connectivity index (χ1) is 10.2. The molecule has 0 amide bonds. The molecule has 2 N–H and O–H groups in total. The molecule has 1 heterocycles. The zero-order valence-electron chi connectivity index (χ0n) is 12.8. The van der Waals surface area contributed by atoms with E-state index in [4.69, 9.17) is 4.74 Å². The van der Waals surface area contributed by atoms with Gasteiger partial charge >= 0.3 is 0 Å². The Kier molecular flexibility index (Phi) is 5.51. The van der Waals surface area contributed by atoms with E-state index in [1.54, 1.807) is 0 Å². The fraction of sp³-hybridized carbons (Fsp3) is 0.375. The Bertz CT molecular complexity index is 559. The molecule has 2 rings (SSSR count). The Balaban J connectivity index is 2.22. The predicted molar refractivity (Wildman–Crippen MR) is 86.6 cm³/mol. The first kappa shape index (κ1) is 15.3. The maximum Gasteiger partial charge on any atom is 0.163 e. The minimum atomic E-state index is 0.188. The maximum absolute atomic E-state index is 5.42. The molecule has 112 valence electrons. The summed E-state index contributed by atoms with van der Waals surface area (Å²) in [6.45, 7) is 5.42. The van der Waals surface area contributed by atoms with Gasteiger partial charge in [-0.3, -0.25) is 0 Å². The number of benzene rings is 1. The van der Waals surface area contributed by atoms with Gasteiger partial charge in [-0.15, -0.1) is 0 Å². The molecule has 5 nitrogen and oxygen atoms in total. The van der Waals surface area contributed by atoms with E-state index >= 15 is 0 Å². The van der Waals surface area contributed by atoms with Crippen LogP contribution in [0.5, 0.6) is 0 Å². The number of anilines is 2. The number of nitrogens with one attached hydrogen (secondary N) is 2. The second kappa shape index (κ2) is 7.59. The van der Waals surface area contributed by atoms with Crippen LogP contribution in [0.3, 0.4) is 0 Å². The number of hydrogen-bond donors (Lipinski definition) is 2. The minimum Gasteiger partial charge on any atom is -0.380 e. The van der Waals surface area contributed by atoms with Crippen LogP contribution >= 0.6 is 0 Å². The molecule has 0 fully saturated rings. The van der Waals surface area contributed by atoms with Crippen LogP contribution in [0.1, 0.15) is 13.8 Å². The molecule has 0 saturated heterocycles. The SMILES string of the molecule is CCOCC(C)Nc1cc(NC)nc(-c2ccccc2)n1. The molecule has 1 unspecified atom stereocenters. The highest BCUT2D eigenvalue weighted by atomic mass is 16.5. The molecule has 0 radical (unpaired) electrons. The summed E-state index contributed by atoms with van der Waals surface area (Å²) in [5.41, 5.74) is 0.995. The zero-order valence-corrected chi connectivity index (χ0v) is 12.8. The summed E-state index contributed by atoms with van der Waals surface area (Å²) in [6.07, 6.45) is 0. The smallest absolute Gasteiger partial charge is 0.163 e. The first-order valence-electron chi connectivity index (χ1n) is 7.19. The summed E-state index contributed by atoms with van der Waals surface area (Å²) in [5, 5.41) is 6.42. The summed E-state index contributed by atoms with van der Waals surface area (Å²) in [5.74, 6) is 2.28. The molecule has 1 aromatic heterocycles. The molecule has 0 aliphatic heterocycles. The van der Waals surface area contributed by atoms with E-state index in [9.17, 15) is 0 Å². The molecule has 0 saturated carbocycles. The van der Waals surface area contributed by atoms with Crippen molar-refractivity contribution in [1.82, 2.24) is 9.97 Å². The Hall–Kier alpha value is -2.14. The van der Waals surface area contributed by atoms with Crippen molar-refractivity contribution in [2.45, 2.75) is 19.9 Å². The molecule has 21 heavy (non-hydrogen) atoms. The topological polar surface area (TPSA) is 59.1 Å².